The van der Waals surface area contributed by atoms with Gasteiger partial charge in [-0.05, 0) is 79.9 Å². The molecule has 1 heteroatoms. The monoisotopic (exact) mass is 635 g/mol. The van der Waals surface area contributed by atoms with Gasteiger partial charge in [0.15, 0.2) is 0 Å². The summed E-state index contributed by atoms with van der Waals surface area (Å²) >= 11 is 0. The van der Waals surface area contributed by atoms with E-state index in [-0.39, 0.29) is 0 Å². The summed E-state index contributed by atoms with van der Waals surface area (Å²) in [6.07, 6.45) is 0. The van der Waals surface area contributed by atoms with Crippen LogP contribution in [0.1, 0.15) is 22.3 Å². The second-order valence-electron chi connectivity index (χ2n) is 13.2. The van der Waals surface area contributed by atoms with Crippen LogP contribution < -0.4 is 4.90 Å². The summed E-state index contributed by atoms with van der Waals surface area (Å²) in [6, 6.07) is 73.4. The molecule has 2 aliphatic rings. The van der Waals surface area contributed by atoms with Crippen LogP contribution in [0.15, 0.2) is 200 Å². The molecule has 10 rings (SSSR count). The molecule has 0 unspecified atom stereocenters. The SMILES string of the molecule is c1ccc(-c2ccccc2N(c2ccc3c(c2)C2(c4ccccc4-c4ccccc42)c2ccccc2-3)c2ccccc2-c2ccccc2)cc1. The van der Waals surface area contributed by atoms with E-state index in [0.717, 1.165) is 17.1 Å². The molecule has 0 heterocycles. The van der Waals surface area contributed by atoms with E-state index in [1.165, 1.54) is 66.8 Å². The van der Waals surface area contributed by atoms with E-state index in [1.807, 2.05) is 0 Å². The Hall–Kier alpha value is -6.44. The highest BCUT2D eigenvalue weighted by molar-refractivity contribution is 5.98. The average Bonchev–Trinajstić information content (AvgIpc) is 3.66. The van der Waals surface area contributed by atoms with E-state index >= 15 is 0 Å². The molecule has 1 nitrogen and oxygen atoms in total. The lowest BCUT2D eigenvalue weighted by molar-refractivity contribution is 0.793. The zero-order valence-electron chi connectivity index (χ0n) is 27.5. The van der Waals surface area contributed by atoms with E-state index in [1.54, 1.807) is 0 Å². The van der Waals surface area contributed by atoms with Crippen LogP contribution >= 0.6 is 0 Å². The summed E-state index contributed by atoms with van der Waals surface area (Å²) in [5.74, 6) is 0. The number of para-hydroxylation sites is 2. The van der Waals surface area contributed by atoms with Gasteiger partial charge in [-0.2, -0.15) is 0 Å². The number of nitrogens with zero attached hydrogens (tertiary/aromatic N) is 1. The Balaban J connectivity index is 1.29. The van der Waals surface area contributed by atoms with Crippen molar-refractivity contribution < 1.29 is 0 Å². The molecule has 2 aliphatic carbocycles. The molecule has 0 N–H and O–H groups in total. The van der Waals surface area contributed by atoms with Crippen molar-refractivity contribution in [1.29, 1.82) is 0 Å². The van der Waals surface area contributed by atoms with Crippen LogP contribution in [0.3, 0.4) is 0 Å². The summed E-state index contributed by atoms with van der Waals surface area (Å²) in [5, 5.41) is 0. The van der Waals surface area contributed by atoms with E-state index in [0.29, 0.717) is 0 Å². The van der Waals surface area contributed by atoms with E-state index < -0.39 is 5.41 Å². The smallest absolute Gasteiger partial charge is 0.0726 e. The average molecular weight is 636 g/mol. The third-order valence-corrected chi connectivity index (χ3v) is 10.7. The second kappa shape index (κ2) is 11.3. The normalized spacial score (nSPS) is 13.0. The molecule has 0 bridgehead atoms. The second-order valence-corrected chi connectivity index (χ2v) is 13.2. The van der Waals surface area contributed by atoms with Gasteiger partial charge in [-0.15, -0.1) is 0 Å². The first kappa shape index (κ1) is 28.6. The fourth-order valence-corrected chi connectivity index (χ4v) is 8.69. The van der Waals surface area contributed by atoms with Gasteiger partial charge in [-0.1, -0.05) is 176 Å². The van der Waals surface area contributed by atoms with Gasteiger partial charge in [-0.3, -0.25) is 0 Å². The van der Waals surface area contributed by atoms with Gasteiger partial charge in [0.1, 0.15) is 0 Å². The lowest BCUT2D eigenvalue weighted by Gasteiger charge is -2.33. The fourth-order valence-electron chi connectivity index (χ4n) is 8.69. The highest BCUT2D eigenvalue weighted by Crippen LogP contribution is 2.63. The van der Waals surface area contributed by atoms with Crippen LogP contribution in [0.25, 0.3) is 44.5 Å². The minimum atomic E-state index is -0.418. The van der Waals surface area contributed by atoms with Gasteiger partial charge in [0.2, 0.25) is 0 Å². The van der Waals surface area contributed by atoms with Gasteiger partial charge in [0.25, 0.3) is 0 Å². The predicted molar refractivity (Wildman–Crippen MR) is 208 cm³/mol. The van der Waals surface area contributed by atoms with Crippen molar-refractivity contribution >= 4 is 17.1 Å². The van der Waals surface area contributed by atoms with Crippen molar-refractivity contribution in [3.05, 3.63) is 222 Å². The third kappa shape index (κ3) is 4.07. The summed E-state index contributed by atoms with van der Waals surface area (Å²) in [5.41, 5.74) is 18.4. The summed E-state index contributed by atoms with van der Waals surface area (Å²) in [6.45, 7) is 0. The maximum atomic E-state index is 2.48. The molecule has 0 saturated carbocycles. The summed E-state index contributed by atoms with van der Waals surface area (Å²) in [7, 11) is 0. The molecular formula is C49H33N. The first-order valence-electron chi connectivity index (χ1n) is 17.4. The molecule has 1 spiro atoms. The molecular weight excluding hydrogens is 603 g/mol. The van der Waals surface area contributed by atoms with Crippen molar-refractivity contribution in [1.82, 2.24) is 0 Å². The topological polar surface area (TPSA) is 3.24 Å². The third-order valence-electron chi connectivity index (χ3n) is 10.7. The fraction of sp³-hybridized carbons (Fsp3) is 0.0204. The van der Waals surface area contributed by atoms with Crippen molar-refractivity contribution in [3.63, 3.8) is 0 Å². The molecule has 0 aliphatic heterocycles. The lowest BCUT2D eigenvalue weighted by Crippen LogP contribution is -2.26. The van der Waals surface area contributed by atoms with E-state index in [9.17, 15) is 0 Å². The Morgan fingerprint density at radius 2 is 0.640 bits per heavy atom. The van der Waals surface area contributed by atoms with Gasteiger partial charge in [-0.25, -0.2) is 0 Å². The van der Waals surface area contributed by atoms with E-state index in [2.05, 4.69) is 205 Å². The molecule has 0 amide bonds. The number of rotatable bonds is 5. The Kier molecular flexibility index (Phi) is 6.47. The van der Waals surface area contributed by atoms with Gasteiger partial charge in [0.05, 0.1) is 16.8 Å². The van der Waals surface area contributed by atoms with Crippen molar-refractivity contribution in [2.75, 3.05) is 4.90 Å². The van der Waals surface area contributed by atoms with Crippen molar-refractivity contribution in [2.24, 2.45) is 0 Å². The first-order valence-corrected chi connectivity index (χ1v) is 17.4. The van der Waals surface area contributed by atoms with Crippen LogP contribution in [0, 0.1) is 0 Å². The number of fused-ring (bicyclic) bond motifs is 10. The van der Waals surface area contributed by atoms with Gasteiger partial charge < -0.3 is 4.90 Å². The first-order chi connectivity index (χ1) is 24.8. The Morgan fingerprint density at radius 1 is 0.280 bits per heavy atom. The molecule has 8 aromatic carbocycles. The molecule has 234 valence electrons. The van der Waals surface area contributed by atoms with Crippen LogP contribution in [-0.2, 0) is 5.41 Å². The Bertz CT molecular complexity index is 2400. The number of hydrogen-bond acceptors (Lipinski definition) is 1. The minimum absolute atomic E-state index is 0.418. The van der Waals surface area contributed by atoms with E-state index in [4.69, 9.17) is 0 Å². The highest BCUT2D eigenvalue weighted by atomic mass is 15.1. The quantitative estimate of drug-likeness (QED) is 0.182. The molecule has 0 radical (unpaired) electrons. The predicted octanol–water partition coefficient (Wildman–Crippen LogP) is 12.8. The van der Waals surface area contributed by atoms with Crippen LogP contribution in [0.2, 0.25) is 0 Å². The lowest BCUT2D eigenvalue weighted by atomic mass is 9.70. The largest absolute Gasteiger partial charge is 0.309 e. The molecule has 0 aromatic heterocycles. The van der Waals surface area contributed by atoms with Crippen molar-refractivity contribution in [2.45, 2.75) is 5.41 Å². The minimum Gasteiger partial charge on any atom is -0.309 e. The summed E-state index contributed by atoms with van der Waals surface area (Å²) in [4.78, 5) is 2.48. The number of anilines is 3. The zero-order chi connectivity index (χ0) is 33.1. The molecule has 0 fully saturated rings. The zero-order valence-corrected chi connectivity index (χ0v) is 27.5. The molecule has 0 atom stereocenters. The van der Waals surface area contributed by atoms with Crippen LogP contribution in [0.5, 0.6) is 0 Å². The van der Waals surface area contributed by atoms with Crippen LogP contribution in [0.4, 0.5) is 17.1 Å². The van der Waals surface area contributed by atoms with Gasteiger partial charge in [0, 0.05) is 16.8 Å². The van der Waals surface area contributed by atoms with Crippen LogP contribution in [-0.4, -0.2) is 0 Å². The molecule has 8 aromatic rings. The number of hydrogen-bond donors (Lipinski definition) is 0. The molecule has 0 saturated heterocycles. The van der Waals surface area contributed by atoms with Gasteiger partial charge >= 0.3 is 0 Å². The molecule has 50 heavy (non-hydrogen) atoms. The highest BCUT2D eigenvalue weighted by Gasteiger charge is 2.51. The standard InChI is InChI=1S/C49H33N/c1-3-17-34(18-4-1)37-21-10-15-29-47(37)50(48-30-16-11-22-38(48)35-19-5-2-6-20-35)36-31-32-42-41-25-9-14-28-45(41)49(46(42)33-36)43-26-12-7-23-39(43)40-24-8-13-27-44(40)49/h1-33H. The number of benzene rings is 8. The maximum Gasteiger partial charge on any atom is 0.0726 e. The Morgan fingerprint density at radius 3 is 1.10 bits per heavy atom. The van der Waals surface area contributed by atoms with Crippen molar-refractivity contribution in [3.8, 4) is 44.5 Å². The Labute approximate surface area is 293 Å². The maximum absolute atomic E-state index is 2.48. The summed E-state index contributed by atoms with van der Waals surface area (Å²) < 4.78 is 0.